The van der Waals surface area contributed by atoms with Crippen LogP contribution in [-0.2, 0) is 6.42 Å². The third-order valence-corrected chi connectivity index (χ3v) is 4.59. The number of aromatic nitrogens is 2. The summed E-state index contributed by atoms with van der Waals surface area (Å²) in [5.41, 5.74) is 1.39. The van der Waals surface area contributed by atoms with Crippen molar-refractivity contribution in [3.8, 4) is 17.3 Å². The molecule has 1 aliphatic carbocycles. The molecule has 0 aliphatic heterocycles. The Hall–Kier alpha value is -2.14. The third-order valence-electron chi connectivity index (χ3n) is 4.33. The molecular formula is C19H21ClN2O3. The van der Waals surface area contributed by atoms with Gasteiger partial charge in [0.05, 0.1) is 5.69 Å². The smallest absolute Gasteiger partial charge is 0.343 e. The first-order chi connectivity index (χ1) is 12.1. The molecule has 1 fully saturated rings. The van der Waals surface area contributed by atoms with Crippen LogP contribution >= 0.6 is 11.6 Å². The highest BCUT2D eigenvalue weighted by molar-refractivity contribution is 6.30. The van der Waals surface area contributed by atoms with E-state index in [0.29, 0.717) is 23.0 Å². The van der Waals surface area contributed by atoms with Crippen molar-refractivity contribution in [2.45, 2.75) is 51.6 Å². The molecule has 2 aromatic rings. The van der Waals surface area contributed by atoms with E-state index in [0.717, 1.165) is 37.7 Å². The molecule has 0 radical (unpaired) electrons. The predicted octanol–water partition coefficient (Wildman–Crippen LogP) is 4.77. The molecule has 0 bridgehead atoms. The van der Waals surface area contributed by atoms with Gasteiger partial charge in [-0.05, 0) is 56.4 Å². The number of halogens is 1. The van der Waals surface area contributed by atoms with Crippen LogP contribution in [0.3, 0.4) is 0 Å². The zero-order valence-electron chi connectivity index (χ0n) is 14.2. The fourth-order valence-corrected chi connectivity index (χ4v) is 3.22. The monoisotopic (exact) mass is 360 g/mol. The van der Waals surface area contributed by atoms with Crippen molar-refractivity contribution in [2.24, 2.45) is 0 Å². The number of aromatic carboxylic acids is 1. The second-order valence-corrected chi connectivity index (χ2v) is 6.70. The molecular weight excluding hydrogens is 340 g/mol. The molecule has 3 rings (SSSR count). The van der Waals surface area contributed by atoms with Crippen molar-refractivity contribution in [1.29, 1.82) is 0 Å². The number of aryl methyl sites for hydroxylation is 1. The van der Waals surface area contributed by atoms with Crippen molar-refractivity contribution in [3.63, 3.8) is 0 Å². The van der Waals surface area contributed by atoms with E-state index in [1.807, 2.05) is 19.1 Å². The van der Waals surface area contributed by atoms with E-state index in [2.05, 4.69) is 9.97 Å². The average Bonchev–Trinajstić information content (AvgIpc) is 3.08. The Kier molecular flexibility index (Phi) is 5.53. The first kappa shape index (κ1) is 17.7. The number of carboxylic acids is 1. The van der Waals surface area contributed by atoms with E-state index in [-0.39, 0.29) is 17.5 Å². The van der Waals surface area contributed by atoms with Crippen LogP contribution in [0.2, 0.25) is 5.02 Å². The lowest BCUT2D eigenvalue weighted by Gasteiger charge is -2.17. The standard InChI is InChI=1S/C19H21ClN2O3/c1-2-5-15-16(19(23)24)18(25-14-6-3-4-7-14)22-17(21-15)12-8-10-13(20)11-9-12/h8-11,14H,2-7H2,1H3,(H,23,24). The molecule has 5 nitrogen and oxygen atoms in total. The molecule has 0 unspecified atom stereocenters. The summed E-state index contributed by atoms with van der Waals surface area (Å²) < 4.78 is 5.98. The highest BCUT2D eigenvalue weighted by Crippen LogP contribution is 2.30. The number of carbonyl (C=O) groups is 1. The van der Waals surface area contributed by atoms with Crippen LogP contribution in [0, 0.1) is 0 Å². The second-order valence-electron chi connectivity index (χ2n) is 6.26. The van der Waals surface area contributed by atoms with Crippen molar-refractivity contribution in [1.82, 2.24) is 9.97 Å². The second kappa shape index (κ2) is 7.83. The molecule has 1 heterocycles. The van der Waals surface area contributed by atoms with Gasteiger partial charge in [-0.3, -0.25) is 0 Å². The Balaban J connectivity index is 2.07. The van der Waals surface area contributed by atoms with E-state index >= 15 is 0 Å². The highest BCUT2D eigenvalue weighted by Gasteiger charge is 2.25. The van der Waals surface area contributed by atoms with Gasteiger partial charge in [0.2, 0.25) is 5.88 Å². The summed E-state index contributed by atoms with van der Waals surface area (Å²) in [7, 11) is 0. The maximum absolute atomic E-state index is 11.8. The van der Waals surface area contributed by atoms with E-state index in [1.54, 1.807) is 12.1 Å². The van der Waals surface area contributed by atoms with E-state index < -0.39 is 5.97 Å². The lowest BCUT2D eigenvalue weighted by molar-refractivity contribution is 0.0685. The van der Waals surface area contributed by atoms with Crippen LogP contribution in [-0.4, -0.2) is 27.1 Å². The Morgan fingerprint density at radius 1 is 1.24 bits per heavy atom. The van der Waals surface area contributed by atoms with Gasteiger partial charge >= 0.3 is 5.97 Å². The molecule has 25 heavy (non-hydrogen) atoms. The van der Waals surface area contributed by atoms with Crippen LogP contribution in [0.4, 0.5) is 0 Å². The summed E-state index contributed by atoms with van der Waals surface area (Å²) in [6, 6.07) is 7.19. The summed E-state index contributed by atoms with van der Waals surface area (Å²) in [5, 5.41) is 10.3. The molecule has 1 aromatic carbocycles. The average molecular weight is 361 g/mol. The predicted molar refractivity (Wildman–Crippen MR) is 96.3 cm³/mol. The summed E-state index contributed by atoms with van der Waals surface area (Å²) >= 11 is 5.95. The topological polar surface area (TPSA) is 72.3 Å². The van der Waals surface area contributed by atoms with Gasteiger partial charge in [-0.15, -0.1) is 0 Å². The Morgan fingerprint density at radius 3 is 2.52 bits per heavy atom. The quantitative estimate of drug-likeness (QED) is 0.803. The molecule has 1 aliphatic rings. The van der Waals surface area contributed by atoms with Crippen molar-refractivity contribution in [2.75, 3.05) is 0 Å². The maximum atomic E-state index is 11.8. The molecule has 1 saturated carbocycles. The third kappa shape index (κ3) is 4.10. The van der Waals surface area contributed by atoms with Crippen molar-refractivity contribution < 1.29 is 14.6 Å². The Morgan fingerprint density at radius 2 is 1.92 bits per heavy atom. The number of carboxylic acid groups (broad SMARTS) is 1. The summed E-state index contributed by atoms with van der Waals surface area (Å²) in [6.07, 6.45) is 5.45. The molecule has 1 aromatic heterocycles. The minimum Gasteiger partial charge on any atom is -0.477 e. The maximum Gasteiger partial charge on any atom is 0.343 e. The van der Waals surface area contributed by atoms with Gasteiger partial charge in [0, 0.05) is 10.6 Å². The molecule has 132 valence electrons. The van der Waals surface area contributed by atoms with Crippen molar-refractivity contribution >= 4 is 17.6 Å². The van der Waals surface area contributed by atoms with Crippen LogP contribution in [0.1, 0.15) is 55.1 Å². The van der Waals surface area contributed by atoms with E-state index in [1.165, 1.54) is 0 Å². The fraction of sp³-hybridized carbons (Fsp3) is 0.421. The largest absolute Gasteiger partial charge is 0.477 e. The number of hydrogen-bond acceptors (Lipinski definition) is 4. The van der Waals surface area contributed by atoms with Gasteiger partial charge in [-0.25, -0.2) is 9.78 Å². The lowest BCUT2D eigenvalue weighted by Crippen LogP contribution is -2.18. The zero-order valence-corrected chi connectivity index (χ0v) is 14.9. The summed E-state index contributed by atoms with van der Waals surface area (Å²) in [4.78, 5) is 20.8. The van der Waals surface area contributed by atoms with Crippen LogP contribution in [0.5, 0.6) is 5.88 Å². The normalized spacial score (nSPS) is 14.6. The first-order valence-corrected chi connectivity index (χ1v) is 9.03. The molecule has 0 spiro atoms. The molecule has 0 amide bonds. The fourth-order valence-electron chi connectivity index (χ4n) is 3.09. The zero-order chi connectivity index (χ0) is 17.8. The number of ether oxygens (including phenoxy) is 1. The van der Waals surface area contributed by atoms with E-state index in [9.17, 15) is 9.90 Å². The highest BCUT2D eigenvalue weighted by atomic mass is 35.5. The number of benzene rings is 1. The Labute approximate surface area is 152 Å². The van der Waals surface area contributed by atoms with Gasteiger partial charge in [0.1, 0.15) is 11.7 Å². The van der Waals surface area contributed by atoms with Crippen LogP contribution in [0.25, 0.3) is 11.4 Å². The van der Waals surface area contributed by atoms with E-state index in [4.69, 9.17) is 16.3 Å². The van der Waals surface area contributed by atoms with Gasteiger partial charge in [0.25, 0.3) is 0 Å². The number of rotatable bonds is 6. The minimum atomic E-state index is -1.04. The Bertz CT molecular complexity index is 756. The SMILES string of the molecule is CCCc1nc(-c2ccc(Cl)cc2)nc(OC2CCCC2)c1C(=O)O. The first-order valence-electron chi connectivity index (χ1n) is 8.65. The summed E-state index contributed by atoms with van der Waals surface area (Å²) in [5.74, 6) is -0.389. The van der Waals surface area contributed by atoms with Gasteiger partial charge < -0.3 is 9.84 Å². The van der Waals surface area contributed by atoms with Crippen molar-refractivity contribution in [3.05, 3.63) is 40.5 Å². The minimum absolute atomic E-state index is 0.0283. The van der Waals surface area contributed by atoms with Gasteiger partial charge in [-0.1, -0.05) is 24.9 Å². The number of hydrogen-bond donors (Lipinski definition) is 1. The van der Waals surface area contributed by atoms with Crippen LogP contribution < -0.4 is 4.74 Å². The molecule has 6 heteroatoms. The van der Waals surface area contributed by atoms with Crippen LogP contribution in [0.15, 0.2) is 24.3 Å². The van der Waals surface area contributed by atoms with Gasteiger partial charge in [0.15, 0.2) is 5.82 Å². The number of nitrogens with zero attached hydrogens (tertiary/aromatic N) is 2. The molecule has 0 saturated heterocycles. The van der Waals surface area contributed by atoms with Gasteiger partial charge in [-0.2, -0.15) is 4.98 Å². The molecule has 1 N–H and O–H groups in total. The molecule has 0 atom stereocenters. The summed E-state index contributed by atoms with van der Waals surface area (Å²) in [6.45, 7) is 1.99. The lowest BCUT2D eigenvalue weighted by atomic mass is 10.1.